The summed E-state index contributed by atoms with van der Waals surface area (Å²) in [4.78, 5) is 9.78. The molecule has 0 radical (unpaired) electrons. The van der Waals surface area contributed by atoms with Gasteiger partial charge in [0, 0.05) is 11.6 Å². The zero-order valence-corrected chi connectivity index (χ0v) is 18.4. The SMILES string of the molecule is CC(C)[C@@H](CP(c1ccccc1)c1ccccc1)N=Cc1ccc2ccccc2n1. The molecule has 4 rings (SSSR count). The van der Waals surface area contributed by atoms with Gasteiger partial charge in [-0.1, -0.05) is 98.8 Å². The van der Waals surface area contributed by atoms with E-state index in [-0.39, 0.29) is 6.04 Å². The summed E-state index contributed by atoms with van der Waals surface area (Å²) in [5, 5.41) is 3.97. The third kappa shape index (κ3) is 5.01. The molecule has 4 aromatic rings. The fourth-order valence-corrected chi connectivity index (χ4v) is 6.19. The molecule has 30 heavy (non-hydrogen) atoms. The molecule has 0 aliphatic rings. The van der Waals surface area contributed by atoms with E-state index in [1.807, 2.05) is 18.3 Å². The minimum absolute atomic E-state index is 0.241. The lowest BCUT2D eigenvalue weighted by atomic mass is 10.1. The van der Waals surface area contributed by atoms with Gasteiger partial charge in [-0.3, -0.25) is 4.99 Å². The van der Waals surface area contributed by atoms with Gasteiger partial charge in [0.05, 0.1) is 17.3 Å². The highest BCUT2D eigenvalue weighted by atomic mass is 31.1. The number of para-hydroxylation sites is 1. The van der Waals surface area contributed by atoms with Crippen molar-refractivity contribution >= 4 is 35.6 Å². The Morgan fingerprint density at radius 3 is 2.00 bits per heavy atom. The number of aromatic nitrogens is 1. The lowest BCUT2D eigenvalue weighted by Crippen LogP contribution is -2.24. The number of benzene rings is 3. The topological polar surface area (TPSA) is 25.2 Å². The first kappa shape index (κ1) is 20.4. The van der Waals surface area contributed by atoms with Gasteiger partial charge in [0.15, 0.2) is 0 Å². The summed E-state index contributed by atoms with van der Waals surface area (Å²) in [5.74, 6) is 0.458. The van der Waals surface area contributed by atoms with Crippen molar-refractivity contribution in [2.24, 2.45) is 10.9 Å². The van der Waals surface area contributed by atoms with Gasteiger partial charge in [0.1, 0.15) is 0 Å². The molecule has 0 aliphatic heterocycles. The van der Waals surface area contributed by atoms with Crippen LogP contribution in [0.5, 0.6) is 0 Å². The van der Waals surface area contributed by atoms with Crippen LogP contribution in [0.3, 0.4) is 0 Å². The van der Waals surface area contributed by atoms with E-state index < -0.39 is 7.92 Å². The predicted molar refractivity (Wildman–Crippen MR) is 132 cm³/mol. The molecule has 0 amide bonds. The summed E-state index contributed by atoms with van der Waals surface area (Å²) in [7, 11) is -0.466. The molecule has 1 heterocycles. The molecule has 2 nitrogen and oxygen atoms in total. The summed E-state index contributed by atoms with van der Waals surface area (Å²) in [6, 6.07) is 34.4. The van der Waals surface area contributed by atoms with Crippen molar-refractivity contribution in [3.05, 3.63) is 103 Å². The molecule has 0 aliphatic carbocycles. The fraction of sp³-hybridized carbons (Fsp3) is 0.185. The van der Waals surface area contributed by atoms with Crippen molar-refractivity contribution in [2.75, 3.05) is 6.16 Å². The van der Waals surface area contributed by atoms with Crippen molar-refractivity contribution in [1.82, 2.24) is 4.98 Å². The second-order valence-corrected chi connectivity index (χ2v) is 10.1. The smallest absolute Gasteiger partial charge is 0.0815 e. The average molecular weight is 411 g/mol. The molecule has 0 spiro atoms. The third-order valence-electron chi connectivity index (χ3n) is 5.29. The highest BCUT2D eigenvalue weighted by Crippen LogP contribution is 2.36. The Kier molecular flexibility index (Phi) is 6.67. The molecule has 150 valence electrons. The Balaban J connectivity index is 1.61. The second-order valence-electron chi connectivity index (χ2n) is 7.80. The van der Waals surface area contributed by atoms with Gasteiger partial charge < -0.3 is 0 Å². The molecule has 0 saturated heterocycles. The van der Waals surface area contributed by atoms with E-state index in [0.29, 0.717) is 5.92 Å². The van der Waals surface area contributed by atoms with Crippen LogP contribution >= 0.6 is 7.92 Å². The van der Waals surface area contributed by atoms with Crippen molar-refractivity contribution < 1.29 is 0 Å². The molecular formula is C27H27N2P. The van der Waals surface area contributed by atoms with Crippen molar-refractivity contribution in [2.45, 2.75) is 19.9 Å². The van der Waals surface area contributed by atoms with Gasteiger partial charge in [-0.2, -0.15) is 0 Å². The van der Waals surface area contributed by atoms with E-state index in [1.165, 1.54) is 10.6 Å². The molecular weight excluding hydrogens is 383 g/mol. The van der Waals surface area contributed by atoms with Crippen molar-refractivity contribution in [1.29, 1.82) is 0 Å². The Hall–Kier alpha value is -2.83. The van der Waals surface area contributed by atoms with Crippen molar-refractivity contribution in [3.8, 4) is 0 Å². The zero-order chi connectivity index (χ0) is 20.8. The lowest BCUT2D eigenvalue weighted by molar-refractivity contribution is 0.538. The minimum Gasteiger partial charge on any atom is -0.287 e. The minimum atomic E-state index is -0.466. The fourth-order valence-electron chi connectivity index (χ4n) is 3.52. The zero-order valence-electron chi connectivity index (χ0n) is 17.5. The second kappa shape index (κ2) is 9.78. The maximum Gasteiger partial charge on any atom is 0.0815 e. The van der Waals surface area contributed by atoms with Crippen LogP contribution in [-0.2, 0) is 0 Å². The largest absolute Gasteiger partial charge is 0.287 e. The Bertz CT molecular complexity index is 1070. The van der Waals surface area contributed by atoms with Crippen LogP contribution in [0.4, 0.5) is 0 Å². The van der Waals surface area contributed by atoms with Gasteiger partial charge in [-0.25, -0.2) is 4.98 Å². The molecule has 0 bridgehead atoms. The maximum atomic E-state index is 5.02. The van der Waals surface area contributed by atoms with E-state index in [9.17, 15) is 0 Å². The van der Waals surface area contributed by atoms with Gasteiger partial charge in [-0.15, -0.1) is 0 Å². The van der Waals surface area contributed by atoms with E-state index in [1.54, 1.807) is 0 Å². The maximum absolute atomic E-state index is 5.02. The molecule has 0 saturated carbocycles. The van der Waals surface area contributed by atoms with Crippen LogP contribution in [0.25, 0.3) is 10.9 Å². The van der Waals surface area contributed by atoms with E-state index >= 15 is 0 Å². The number of aliphatic imine (C=N–C) groups is 1. The number of hydrogen-bond acceptors (Lipinski definition) is 2. The quantitative estimate of drug-likeness (QED) is 0.279. The first-order valence-corrected chi connectivity index (χ1v) is 12.0. The first-order valence-electron chi connectivity index (χ1n) is 10.5. The van der Waals surface area contributed by atoms with Gasteiger partial charge in [0.25, 0.3) is 0 Å². The summed E-state index contributed by atoms with van der Waals surface area (Å²) >= 11 is 0. The summed E-state index contributed by atoms with van der Waals surface area (Å²) < 4.78 is 0. The van der Waals surface area contributed by atoms with Crippen LogP contribution < -0.4 is 10.6 Å². The number of nitrogens with zero attached hydrogens (tertiary/aromatic N) is 2. The average Bonchev–Trinajstić information content (AvgIpc) is 2.80. The lowest BCUT2D eigenvalue weighted by Gasteiger charge is -2.25. The monoisotopic (exact) mass is 410 g/mol. The van der Waals surface area contributed by atoms with Crippen molar-refractivity contribution in [3.63, 3.8) is 0 Å². The molecule has 3 heteroatoms. The Labute approximate surface area is 180 Å². The molecule has 1 aromatic heterocycles. The van der Waals surface area contributed by atoms with Crippen LogP contribution in [0.1, 0.15) is 19.5 Å². The molecule has 1 atom stereocenters. The predicted octanol–water partition coefficient (Wildman–Crippen LogP) is 5.81. The molecule has 0 N–H and O–H groups in total. The summed E-state index contributed by atoms with van der Waals surface area (Å²) in [6.45, 7) is 4.53. The number of rotatable bonds is 7. The van der Waals surface area contributed by atoms with E-state index in [0.717, 1.165) is 22.8 Å². The number of pyridine rings is 1. The van der Waals surface area contributed by atoms with Gasteiger partial charge in [0.2, 0.25) is 0 Å². The van der Waals surface area contributed by atoms with Crippen LogP contribution in [0.2, 0.25) is 0 Å². The Morgan fingerprint density at radius 1 is 0.767 bits per heavy atom. The molecule has 0 unspecified atom stereocenters. The van der Waals surface area contributed by atoms with Gasteiger partial charge >= 0.3 is 0 Å². The number of hydrogen-bond donors (Lipinski definition) is 0. The normalized spacial score (nSPS) is 12.8. The van der Waals surface area contributed by atoms with Gasteiger partial charge in [-0.05, 0) is 42.7 Å². The third-order valence-corrected chi connectivity index (χ3v) is 7.88. The number of fused-ring (bicyclic) bond motifs is 1. The summed E-state index contributed by atoms with van der Waals surface area (Å²) in [5.41, 5.74) is 1.93. The molecule has 0 fully saturated rings. The highest BCUT2D eigenvalue weighted by molar-refractivity contribution is 7.73. The van der Waals surface area contributed by atoms with Crippen LogP contribution in [-0.4, -0.2) is 23.4 Å². The summed E-state index contributed by atoms with van der Waals surface area (Å²) in [6.07, 6.45) is 2.99. The standard InChI is InChI=1S/C27H27N2P/c1-21(2)27(28-19-23-18-17-22-11-9-10-16-26(22)29-23)20-30(24-12-5-3-6-13-24)25-14-7-4-8-15-25/h3-19,21,27H,20H2,1-2H3/t27-/m1/s1. The molecule has 3 aromatic carbocycles. The first-order chi connectivity index (χ1) is 14.7. The van der Waals surface area contributed by atoms with E-state index in [4.69, 9.17) is 9.98 Å². The van der Waals surface area contributed by atoms with Crippen LogP contribution in [0, 0.1) is 5.92 Å². The Morgan fingerprint density at radius 2 is 1.37 bits per heavy atom. The van der Waals surface area contributed by atoms with Crippen LogP contribution in [0.15, 0.2) is 102 Å². The highest BCUT2D eigenvalue weighted by Gasteiger charge is 2.21. The van der Waals surface area contributed by atoms with E-state index in [2.05, 4.69) is 98.8 Å².